The molecule has 0 aliphatic rings. The molecule has 7 heteroatoms. The van der Waals surface area contributed by atoms with Gasteiger partial charge in [0.1, 0.15) is 10.8 Å². The number of ketones is 1. The molecule has 0 aliphatic carbocycles. The number of thiazole rings is 1. The molecule has 3 rings (SSSR count). The van der Waals surface area contributed by atoms with E-state index in [9.17, 15) is 9.59 Å². The zero-order valence-corrected chi connectivity index (χ0v) is 16.2. The molecule has 6 nitrogen and oxygen atoms in total. The van der Waals surface area contributed by atoms with E-state index >= 15 is 0 Å². The summed E-state index contributed by atoms with van der Waals surface area (Å²) in [7, 11) is 1.64. The number of amides is 1. The predicted octanol–water partition coefficient (Wildman–Crippen LogP) is 3.50. The van der Waals surface area contributed by atoms with Crippen molar-refractivity contribution in [2.75, 3.05) is 13.7 Å². The number of fused-ring (bicyclic) bond motifs is 1. The lowest BCUT2D eigenvalue weighted by Crippen LogP contribution is -2.30. The second-order valence-corrected chi connectivity index (χ2v) is 7.28. The number of hydrogen-bond donors (Lipinski definition) is 1. The van der Waals surface area contributed by atoms with E-state index in [2.05, 4.69) is 10.3 Å². The molecule has 0 aliphatic heterocycles. The number of rotatable bonds is 8. The van der Waals surface area contributed by atoms with Crippen molar-refractivity contribution >= 4 is 33.2 Å². The van der Waals surface area contributed by atoms with E-state index in [-0.39, 0.29) is 37.5 Å². The number of hydrogen-bond acceptors (Lipinski definition) is 6. The van der Waals surface area contributed by atoms with Gasteiger partial charge < -0.3 is 10.1 Å². The van der Waals surface area contributed by atoms with Crippen LogP contribution in [0.2, 0.25) is 0 Å². The maximum absolute atomic E-state index is 12.0. The Morgan fingerprint density at radius 2 is 1.93 bits per heavy atom. The Hall–Kier alpha value is -3.24. The average Bonchev–Trinajstić information content (AvgIpc) is 3.12. The highest BCUT2D eigenvalue weighted by Gasteiger charge is 2.11. The van der Waals surface area contributed by atoms with Gasteiger partial charge in [-0.15, -0.1) is 11.3 Å². The van der Waals surface area contributed by atoms with Crippen molar-refractivity contribution in [2.45, 2.75) is 19.3 Å². The van der Waals surface area contributed by atoms with Crippen LogP contribution in [0.15, 0.2) is 42.5 Å². The van der Waals surface area contributed by atoms with Crippen LogP contribution in [-0.2, 0) is 16.0 Å². The number of nitrogens with one attached hydrogen (secondary N) is 1. The minimum Gasteiger partial charge on any atom is -0.497 e. The van der Waals surface area contributed by atoms with Gasteiger partial charge >= 0.3 is 0 Å². The first-order valence-corrected chi connectivity index (χ1v) is 9.60. The summed E-state index contributed by atoms with van der Waals surface area (Å²) in [5.74, 6) is 0.404. The van der Waals surface area contributed by atoms with Gasteiger partial charge in [0.25, 0.3) is 0 Å². The highest BCUT2D eigenvalue weighted by atomic mass is 32.1. The standard InChI is InChI=1S/C21H19N3O3S/c1-27-17-7-4-14(5-8-17)15-6-9-19-18(11-15)24-21(28-19)12-20(26)23-13-16(25)3-2-10-22/h4-9,11H,2-3,12-13H2,1H3,(H,23,26). The normalized spacial score (nSPS) is 10.4. The third-order valence-corrected chi connectivity index (χ3v) is 5.20. The first-order chi connectivity index (χ1) is 13.6. The molecule has 0 unspecified atom stereocenters. The van der Waals surface area contributed by atoms with Crippen LogP contribution in [0.5, 0.6) is 5.75 Å². The van der Waals surface area contributed by atoms with E-state index in [4.69, 9.17) is 10.00 Å². The van der Waals surface area contributed by atoms with Crippen molar-refractivity contribution in [3.63, 3.8) is 0 Å². The Morgan fingerprint density at radius 3 is 2.64 bits per heavy atom. The first-order valence-electron chi connectivity index (χ1n) is 8.78. The molecule has 0 saturated heterocycles. The molecule has 0 radical (unpaired) electrons. The van der Waals surface area contributed by atoms with Gasteiger partial charge in [-0.25, -0.2) is 4.98 Å². The van der Waals surface area contributed by atoms with E-state index in [1.165, 1.54) is 11.3 Å². The van der Waals surface area contributed by atoms with Crippen LogP contribution in [-0.4, -0.2) is 30.3 Å². The topological polar surface area (TPSA) is 92.1 Å². The fourth-order valence-electron chi connectivity index (χ4n) is 2.69. The number of nitrogens with zero attached hydrogens (tertiary/aromatic N) is 2. The van der Waals surface area contributed by atoms with Crippen LogP contribution in [0, 0.1) is 11.3 Å². The Morgan fingerprint density at radius 1 is 1.18 bits per heavy atom. The van der Waals surface area contributed by atoms with Crippen LogP contribution >= 0.6 is 11.3 Å². The number of benzene rings is 2. The third kappa shape index (κ3) is 4.93. The monoisotopic (exact) mass is 393 g/mol. The molecule has 3 aromatic rings. The van der Waals surface area contributed by atoms with E-state index in [1.807, 2.05) is 48.5 Å². The van der Waals surface area contributed by atoms with Gasteiger partial charge in [0.2, 0.25) is 5.91 Å². The fraction of sp³-hybridized carbons (Fsp3) is 0.238. The lowest BCUT2D eigenvalue weighted by atomic mass is 10.1. The number of aromatic nitrogens is 1. The number of carbonyl (C=O) groups excluding carboxylic acids is 2. The molecule has 1 aromatic heterocycles. The summed E-state index contributed by atoms with van der Waals surface area (Å²) in [6.45, 7) is -0.0486. The summed E-state index contributed by atoms with van der Waals surface area (Å²) < 4.78 is 6.19. The van der Waals surface area contributed by atoms with Gasteiger partial charge in [-0.1, -0.05) is 18.2 Å². The highest BCUT2D eigenvalue weighted by molar-refractivity contribution is 7.18. The lowest BCUT2D eigenvalue weighted by molar-refractivity contribution is -0.124. The van der Waals surface area contributed by atoms with Gasteiger partial charge in [-0.2, -0.15) is 5.26 Å². The summed E-state index contributed by atoms with van der Waals surface area (Å²) in [6.07, 6.45) is 0.456. The number of Topliss-reactive ketones (excluding diaryl/α,β-unsaturated/α-hetero) is 1. The minimum atomic E-state index is -0.250. The zero-order chi connectivity index (χ0) is 19.9. The van der Waals surface area contributed by atoms with Gasteiger partial charge in [0, 0.05) is 12.8 Å². The Balaban J connectivity index is 1.66. The maximum atomic E-state index is 12.0. The van der Waals surface area contributed by atoms with Crippen LogP contribution < -0.4 is 10.1 Å². The van der Waals surface area contributed by atoms with E-state index in [0.29, 0.717) is 5.01 Å². The molecule has 1 N–H and O–H groups in total. The average molecular weight is 393 g/mol. The maximum Gasteiger partial charge on any atom is 0.227 e. The van der Waals surface area contributed by atoms with Crippen molar-refractivity contribution < 1.29 is 14.3 Å². The number of methoxy groups -OCH3 is 1. The molecule has 0 atom stereocenters. The van der Waals surface area contributed by atoms with Crippen LogP contribution in [0.1, 0.15) is 17.8 Å². The van der Waals surface area contributed by atoms with Gasteiger partial charge in [-0.05, 0) is 35.4 Å². The van der Waals surface area contributed by atoms with E-state index in [0.717, 1.165) is 27.1 Å². The van der Waals surface area contributed by atoms with Gasteiger partial charge in [-0.3, -0.25) is 9.59 Å². The third-order valence-electron chi connectivity index (χ3n) is 4.17. The molecule has 0 bridgehead atoms. The number of nitriles is 1. The fourth-order valence-corrected chi connectivity index (χ4v) is 3.64. The first kappa shape index (κ1) is 19.5. The zero-order valence-electron chi connectivity index (χ0n) is 15.4. The molecule has 28 heavy (non-hydrogen) atoms. The quantitative estimate of drug-likeness (QED) is 0.632. The smallest absolute Gasteiger partial charge is 0.227 e. The Bertz CT molecular complexity index is 1040. The summed E-state index contributed by atoms with van der Waals surface area (Å²) in [5.41, 5.74) is 2.94. The van der Waals surface area contributed by atoms with Gasteiger partial charge in [0.05, 0.1) is 36.4 Å². The van der Waals surface area contributed by atoms with Crippen molar-refractivity contribution in [3.8, 4) is 22.9 Å². The number of carbonyl (C=O) groups is 2. The highest BCUT2D eigenvalue weighted by Crippen LogP contribution is 2.29. The lowest BCUT2D eigenvalue weighted by Gasteiger charge is -2.03. The Labute approximate surface area is 166 Å². The molecule has 0 spiro atoms. The summed E-state index contributed by atoms with van der Waals surface area (Å²) in [5, 5.41) is 11.8. The van der Waals surface area contributed by atoms with Crippen molar-refractivity contribution in [1.29, 1.82) is 5.26 Å². The van der Waals surface area contributed by atoms with E-state index < -0.39 is 0 Å². The molecule has 1 heterocycles. The molecule has 0 fully saturated rings. The molecule has 2 aromatic carbocycles. The van der Waals surface area contributed by atoms with Crippen LogP contribution in [0.4, 0.5) is 0 Å². The molecular weight excluding hydrogens is 374 g/mol. The number of ether oxygens (including phenoxy) is 1. The van der Waals surface area contributed by atoms with Crippen LogP contribution in [0.25, 0.3) is 21.3 Å². The minimum absolute atomic E-state index is 0.0486. The summed E-state index contributed by atoms with van der Waals surface area (Å²) in [6, 6.07) is 15.7. The summed E-state index contributed by atoms with van der Waals surface area (Å²) in [4.78, 5) is 28.1. The second kappa shape index (κ2) is 9.11. The van der Waals surface area contributed by atoms with Crippen molar-refractivity contribution in [1.82, 2.24) is 10.3 Å². The Kier molecular flexibility index (Phi) is 6.35. The van der Waals surface area contributed by atoms with Gasteiger partial charge in [0.15, 0.2) is 5.78 Å². The molecule has 142 valence electrons. The summed E-state index contributed by atoms with van der Waals surface area (Å²) >= 11 is 1.46. The SMILES string of the molecule is COc1ccc(-c2ccc3sc(CC(=O)NCC(=O)CCC#N)nc3c2)cc1. The van der Waals surface area contributed by atoms with Crippen molar-refractivity contribution in [3.05, 3.63) is 47.5 Å². The predicted molar refractivity (Wildman–Crippen MR) is 108 cm³/mol. The molecule has 1 amide bonds. The van der Waals surface area contributed by atoms with Crippen molar-refractivity contribution in [2.24, 2.45) is 0 Å². The van der Waals surface area contributed by atoms with E-state index in [1.54, 1.807) is 7.11 Å². The second-order valence-electron chi connectivity index (χ2n) is 6.17. The largest absolute Gasteiger partial charge is 0.497 e. The molecular formula is C21H19N3O3S. The molecule has 0 saturated carbocycles. The van der Waals surface area contributed by atoms with Crippen LogP contribution in [0.3, 0.4) is 0 Å².